The second-order valence-corrected chi connectivity index (χ2v) is 6.53. The zero-order chi connectivity index (χ0) is 17.8. The van der Waals surface area contributed by atoms with Gasteiger partial charge in [0.2, 0.25) is 5.95 Å². The number of hydrogen-bond donors (Lipinski definition) is 2. The molecule has 2 heterocycles. The van der Waals surface area contributed by atoms with Crippen molar-refractivity contribution in [2.75, 3.05) is 24.3 Å². The van der Waals surface area contributed by atoms with Gasteiger partial charge in [-0.1, -0.05) is 11.3 Å². The minimum atomic E-state index is 0.559. The average molecular weight is 355 g/mol. The molecule has 0 spiro atoms. The first-order valence-corrected chi connectivity index (χ1v) is 8.88. The predicted octanol–water partition coefficient (Wildman–Crippen LogP) is 4.40. The lowest BCUT2D eigenvalue weighted by molar-refractivity contribution is 0.414. The van der Waals surface area contributed by atoms with Gasteiger partial charge in [0.05, 0.1) is 23.4 Å². The van der Waals surface area contributed by atoms with E-state index in [1.807, 2.05) is 38.1 Å². The molecule has 0 aliphatic heterocycles. The van der Waals surface area contributed by atoms with Crippen molar-refractivity contribution in [3.8, 4) is 16.3 Å². The Bertz CT molecular complexity index is 878. The van der Waals surface area contributed by atoms with Crippen LogP contribution in [0.25, 0.3) is 10.6 Å². The Morgan fingerprint density at radius 1 is 1.16 bits per heavy atom. The fraction of sp³-hybridized carbons (Fsp3) is 0.278. The Morgan fingerprint density at radius 2 is 2.00 bits per heavy atom. The largest absolute Gasteiger partial charge is 0.497 e. The molecular formula is C18H21N5OS. The smallest absolute Gasteiger partial charge is 0.227 e. The van der Waals surface area contributed by atoms with Gasteiger partial charge in [-0.15, -0.1) is 0 Å². The fourth-order valence-corrected chi connectivity index (χ4v) is 3.43. The van der Waals surface area contributed by atoms with Gasteiger partial charge in [-0.05, 0) is 50.6 Å². The summed E-state index contributed by atoms with van der Waals surface area (Å²) in [5, 5.41) is 7.43. The number of nitrogens with zero attached hydrogens (tertiary/aromatic N) is 3. The molecule has 1 aromatic carbocycles. The number of ether oxygens (including phenoxy) is 1. The van der Waals surface area contributed by atoms with Crippen LogP contribution in [0.15, 0.2) is 30.5 Å². The van der Waals surface area contributed by atoms with E-state index in [4.69, 9.17) is 4.74 Å². The molecule has 0 unspecified atom stereocenters. The first kappa shape index (κ1) is 17.2. The van der Waals surface area contributed by atoms with Crippen molar-refractivity contribution in [1.29, 1.82) is 0 Å². The van der Waals surface area contributed by atoms with Crippen molar-refractivity contribution < 1.29 is 4.74 Å². The molecule has 0 amide bonds. The van der Waals surface area contributed by atoms with Gasteiger partial charge in [-0.25, -0.2) is 15.0 Å². The third-order valence-corrected chi connectivity index (χ3v) is 4.83. The number of anilines is 3. The number of aryl methyl sites for hydroxylation is 2. The molecule has 0 aliphatic rings. The van der Waals surface area contributed by atoms with Gasteiger partial charge in [0.15, 0.2) is 5.13 Å². The van der Waals surface area contributed by atoms with E-state index >= 15 is 0 Å². The van der Waals surface area contributed by atoms with E-state index in [-0.39, 0.29) is 0 Å². The third kappa shape index (κ3) is 3.88. The number of nitrogens with one attached hydrogen (secondary N) is 2. The first-order chi connectivity index (χ1) is 12.1. The maximum absolute atomic E-state index is 5.24. The Labute approximate surface area is 151 Å². The van der Waals surface area contributed by atoms with Gasteiger partial charge >= 0.3 is 0 Å². The molecule has 7 heteroatoms. The Balaban J connectivity index is 1.87. The highest BCUT2D eigenvalue weighted by Gasteiger charge is 2.12. The van der Waals surface area contributed by atoms with Gasteiger partial charge in [0.25, 0.3) is 0 Å². The van der Waals surface area contributed by atoms with Crippen LogP contribution in [-0.2, 0) is 0 Å². The van der Waals surface area contributed by atoms with Gasteiger partial charge in [-0.3, -0.25) is 0 Å². The summed E-state index contributed by atoms with van der Waals surface area (Å²) in [4.78, 5) is 14.6. The number of hydrogen-bond acceptors (Lipinski definition) is 7. The topological polar surface area (TPSA) is 72.0 Å². The van der Waals surface area contributed by atoms with Crippen molar-refractivity contribution in [2.24, 2.45) is 0 Å². The van der Waals surface area contributed by atoms with E-state index < -0.39 is 0 Å². The molecule has 6 nitrogen and oxygen atoms in total. The second kappa shape index (κ2) is 7.48. The van der Waals surface area contributed by atoms with Gasteiger partial charge < -0.3 is 15.4 Å². The highest BCUT2D eigenvalue weighted by Crippen LogP contribution is 2.32. The molecule has 0 bridgehead atoms. The molecule has 2 N–H and O–H groups in total. The van der Waals surface area contributed by atoms with Crippen molar-refractivity contribution in [3.63, 3.8) is 0 Å². The number of methoxy groups -OCH3 is 1. The quantitative estimate of drug-likeness (QED) is 0.683. The molecule has 0 saturated heterocycles. The second-order valence-electron chi connectivity index (χ2n) is 5.54. The zero-order valence-corrected chi connectivity index (χ0v) is 15.6. The van der Waals surface area contributed by atoms with E-state index in [0.717, 1.165) is 44.9 Å². The lowest BCUT2D eigenvalue weighted by atomic mass is 10.2. The van der Waals surface area contributed by atoms with Crippen molar-refractivity contribution >= 4 is 28.1 Å². The van der Waals surface area contributed by atoms with E-state index in [0.29, 0.717) is 5.95 Å². The number of thiazole rings is 1. The van der Waals surface area contributed by atoms with Crippen LogP contribution in [-0.4, -0.2) is 28.6 Å². The molecule has 0 radical (unpaired) electrons. The SMILES string of the molecule is CCNc1nc(C)c(-c2ccnc(Nc3ccc(OC)cc3C)n2)s1. The Hall–Kier alpha value is -2.67. The van der Waals surface area contributed by atoms with E-state index in [9.17, 15) is 0 Å². The van der Waals surface area contributed by atoms with Crippen LogP contribution in [0.5, 0.6) is 5.75 Å². The Kier molecular flexibility index (Phi) is 5.14. The first-order valence-electron chi connectivity index (χ1n) is 8.07. The summed E-state index contributed by atoms with van der Waals surface area (Å²) in [6.45, 7) is 6.92. The summed E-state index contributed by atoms with van der Waals surface area (Å²) in [5.74, 6) is 1.39. The molecule has 0 atom stereocenters. The third-order valence-electron chi connectivity index (χ3n) is 3.69. The van der Waals surface area contributed by atoms with Crippen molar-refractivity contribution in [2.45, 2.75) is 20.8 Å². The summed E-state index contributed by atoms with van der Waals surface area (Å²) in [7, 11) is 1.66. The maximum atomic E-state index is 5.24. The van der Waals surface area contributed by atoms with Crippen LogP contribution < -0.4 is 15.4 Å². The van der Waals surface area contributed by atoms with Crippen molar-refractivity contribution in [3.05, 3.63) is 41.7 Å². The molecule has 25 heavy (non-hydrogen) atoms. The summed E-state index contributed by atoms with van der Waals surface area (Å²) in [5.41, 5.74) is 3.85. The maximum Gasteiger partial charge on any atom is 0.227 e. The summed E-state index contributed by atoms with van der Waals surface area (Å²) in [6.07, 6.45) is 1.76. The van der Waals surface area contributed by atoms with Gasteiger partial charge in [0, 0.05) is 18.4 Å². The van der Waals surface area contributed by atoms with Crippen LogP contribution >= 0.6 is 11.3 Å². The molecular weight excluding hydrogens is 334 g/mol. The molecule has 2 aromatic heterocycles. The predicted molar refractivity (Wildman–Crippen MR) is 103 cm³/mol. The monoisotopic (exact) mass is 355 g/mol. The lowest BCUT2D eigenvalue weighted by Gasteiger charge is -2.10. The molecule has 0 aliphatic carbocycles. The van der Waals surface area contributed by atoms with Crippen LogP contribution in [0, 0.1) is 13.8 Å². The number of rotatable bonds is 6. The molecule has 0 saturated carbocycles. The van der Waals surface area contributed by atoms with E-state index in [2.05, 4.69) is 32.5 Å². The van der Waals surface area contributed by atoms with Crippen LogP contribution in [0.4, 0.5) is 16.8 Å². The number of benzene rings is 1. The minimum Gasteiger partial charge on any atom is -0.497 e. The van der Waals surface area contributed by atoms with E-state index in [1.54, 1.807) is 24.6 Å². The van der Waals surface area contributed by atoms with Crippen LogP contribution in [0.1, 0.15) is 18.2 Å². The molecule has 3 rings (SSSR count). The fourth-order valence-electron chi connectivity index (χ4n) is 2.43. The van der Waals surface area contributed by atoms with Crippen LogP contribution in [0.2, 0.25) is 0 Å². The van der Waals surface area contributed by atoms with E-state index in [1.165, 1.54) is 0 Å². The standard InChI is InChI=1S/C18H21N5OS/c1-5-19-18-21-12(3)16(25-18)15-8-9-20-17(23-15)22-14-7-6-13(24-4)10-11(14)2/h6-10H,5H2,1-4H3,(H,19,21)(H,20,22,23). The van der Waals surface area contributed by atoms with Crippen molar-refractivity contribution in [1.82, 2.24) is 15.0 Å². The van der Waals surface area contributed by atoms with Gasteiger partial charge in [0.1, 0.15) is 5.75 Å². The van der Waals surface area contributed by atoms with Gasteiger partial charge in [-0.2, -0.15) is 0 Å². The van der Waals surface area contributed by atoms with Crippen LogP contribution in [0.3, 0.4) is 0 Å². The molecule has 3 aromatic rings. The lowest BCUT2D eigenvalue weighted by Crippen LogP contribution is -1.99. The summed E-state index contributed by atoms with van der Waals surface area (Å²) < 4.78 is 5.24. The average Bonchev–Trinajstić information content (AvgIpc) is 2.98. The highest BCUT2D eigenvalue weighted by atomic mass is 32.1. The highest BCUT2D eigenvalue weighted by molar-refractivity contribution is 7.19. The molecule has 0 fully saturated rings. The Morgan fingerprint density at radius 3 is 2.72 bits per heavy atom. The summed E-state index contributed by atoms with van der Waals surface area (Å²) >= 11 is 1.60. The minimum absolute atomic E-state index is 0.559. The normalized spacial score (nSPS) is 10.6. The molecule has 130 valence electrons. The number of aromatic nitrogens is 3. The zero-order valence-electron chi connectivity index (χ0n) is 14.8. The summed E-state index contributed by atoms with van der Waals surface area (Å²) in [6, 6.07) is 7.76.